The first-order valence-corrected chi connectivity index (χ1v) is 18.7. The molecule has 0 aliphatic heterocycles. The molecule has 0 rings (SSSR count). The molecule has 0 aromatic heterocycles. The largest absolute Gasteiger partial charge is 0.396 e. The van der Waals surface area contributed by atoms with Crippen LogP contribution < -0.4 is 0 Å². The monoisotopic (exact) mass is 552 g/mol. The molecule has 1 N–H and O–H groups in total. The van der Waals surface area contributed by atoms with Gasteiger partial charge in [0, 0.05) is 6.61 Å². The van der Waals surface area contributed by atoms with Crippen LogP contribution in [0, 0.1) is 0 Å². The fourth-order valence-electron chi connectivity index (χ4n) is 6.02. The van der Waals surface area contributed by atoms with Gasteiger partial charge in [-0.2, -0.15) is 0 Å². The second-order valence-electron chi connectivity index (χ2n) is 12.8. The molecule has 0 spiro atoms. The lowest BCUT2D eigenvalue weighted by molar-refractivity contribution is 0.244. The second-order valence-corrected chi connectivity index (χ2v) is 12.8. The minimum atomic E-state index is 0.359. The maximum atomic E-state index is 9.11. The molecule has 0 aliphatic rings. The fraction of sp³-hybridized carbons (Fsp3) is 1.00. The molecule has 0 aromatic carbocycles. The van der Waals surface area contributed by atoms with Crippen molar-refractivity contribution in [3.05, 3.63) is 0 Å². The van der Waals surface area contributed by atoms with Crippen molar-refractivity contribution >= 4 is 0 Å². The zero-order valence-electron chi connectivity index (χ0n) is 27.6. The first-order valence-electron chi connectivity index (χ1n) is 18.7. The van der Waals surface area contributed by atoms with E-state index in [1.54, 1.807) is 0 Å². The van der Waals surface area contributed by atoms with Crippen molar-refractivity contribution in [2.24, 2.45) is 0 Å². The zero-order chi connectivity index (χ0) is 28.3. The fourth-order valence-corrected chi connectivity index (χ4v) is 6.02. The highest BCUT2D eigenvalue weighted by Gasteiger charge is 2.05. The first kappa shape index (κ1) is 38.9. The molecule has 39 heavy (non-hydrogen) atoms. The molecule has 0 heterocycles. The normalized spacial score (nSPS) is 11.7. The van der Waals surface area contributed by atoms with Crippen molar-refractivity contribution in [1.29, 1.82) is 0 Å². The molecular formula is C37H77NO. The van der Waals surface area contributed by atoms with Crippen molar-refractivity contribution in [1.82, 2.24) is 4.90 Å². The van der Waals surface area contributed by atoms with Crippen LogP contribution in [0.5, 0.6) is 0 Å². The number of aliphatic hydroxyl groups excluding tert-OH is 1. The Morgan fingerprint density at radius 3 is 0.718 bits per heavy atom. The molecule has 0 atom stereocenters. The standard InChI is InChI=1S/C37H77NO/c1-3-5-7-9-11-13-15-17-19-21-23-25-27-30-34-38(36-32-29-33-37-39)35-31-28-26-24-22-20-18-16-14-12-10-8-6-4-2/h39H,3-37H2,1-2H3. The molecule has 0 fully saturated rings. The summed E-state index contributed by atoms with van der Waals surface area (Å²) in [4.78, 5) is 2.75. The van der Waals surface area contributed by atoms with Crippen molar-refractivity contribution in [3.8, 4) is 0 Å². The van der Waals surface area contributed by atoms with E-state index in [0.29, 0.717) is 6.61 Å². The van der Waals surface area contributed by atoms with E-state index in [0.717, 1.165) is 6.42 Å². The van der Waals surface area contributed by atoms with Gasteiger partial charge < -0.3 is 10.0 Å². The molecule has 0 radical (unpaired) electrons. The van der Waals surface area contributed by atoms with Crippen LogP contribution in [0.4, 0.5) is 0 Å². The minimum Gasteiger partial charge on any atom is -0.396 e. The van der Waals surface area contributed by atoms with E-state index in [4.69, 9.17) is 5.11 Å². The van der Waals surface area contributed by atoms with E-state index in [9.17, 15) is 0 Å². The van der Waals surface area contributed by atoms with Gasteiger partial charge in [0.2, 0.25) is 0 Å². The number of hydrogen-bond donors (Lipinski definition) is 1. The van der Waals surface area contributed by atoms with Crippen LogP contribution in [-0.2, 0) is 0 Å². The highest BCUT2D eigenvalue weighted by atomic mass is 16.2. The van der Waals surface area contributed by atoms with Gasteiger partial charge >= 0.3 is 0 Å². The maximum absolute atomic E-state index is 9.11. The maximum Gasteiger partial charge on any atom is 0.0431 e. The third-order valence-electron chi connectivity index (χ3n) is 8.79. The Morgan fingerprint density at radius 1 is 0.282 bits per heavy atom. The van der Waals surface area contributed by atoms with Crippen LogP contribution >= 0.6 is 0 Å². The van der Waals surface area contributed by atoms with Crippen molar-refractivity contribution in [3.63, 3.8) is 0 Å². The number of rotatable bonds is 35. The van der Waals surface area contributed by atoms with Gasteiger partial charge in [-0.05, 0) is 51.7 Å². The Morgan fingerprint density at radius 2 is 0.487 bits per heavy atom. The van der Waals surface area contributed by atoms with Crippen molar-refractivity contribution in [2.45, 2.75) is 213 Å². The lowest BCUT2D eigenvalue weighted by atomic mass is 10.0. The molecule has 236 valence electrons. The van der Waals surface area contributed by atoms with Crippen molar-refractivity contribution in [2.75, 3.05) is 26.2 Å². The molecule has 2 heteroatoms. The predicted molar refractivity (Wildman–Crippen MR) is 178 cm³/mol. The number of nitrogens with zero attached hydrogens (tertiary/aromatic N) is 1. The summed E-state index contributed by atoms with van der Waals surface area (Å²) in [5.41, 5.74) is 0. The summed E-state index contributed by atoms with van der Waals surface area (Å²) < 4.78 is 0. The summed E-state index contributed by atoms with van der Waals surface area (Å²) in [6, 6.07) is 0. The molecule has 0 amide bonds. The van der Waals surface area contributed by atoms with Crippen molar-refractivity contribution < 1.29 is 5.11 Å². The lowest BCUT2D eigenvalue weighted by Crippen LogP contribution is -2.27. The molecule has 0 aliphatic carbocycles. The van der Waals surface area contributed by atoms with Crippen LogP contribution in [0.25, 0.3) is 0 Å². The Hall–Kier alpha value is -0.0800. The van der Waals surface area contributed by atoms with E-state index in [-0.39, 0.29) is 0 Å². The third kappa shape index (κ3) is 34.0. The first-order chi connectivity index (χ1) is 19.3. The highest BCUT2D eigenvalue weighted by Crippen LogP contribution is 2.15. The lowest BCUT2D eigenvalue weighted by Gasteiger charge is -2.22. The van der Waals surface area contributed by atoms with E-state index < -0.39 is 0 Å². The smallest absolute Gasteiger partial charge is 0.0431 e. The SMILES string of the molecule is CCCCCCCCCCCCCCCCN(CCCCCO)CCCCCCCCCCCCCCCC. The van der Waals surface area contributed by atoms with E-state index in [1.807, 2.05) is 0 Å². The van der Waals surface area contributed by atoms with E-state index in [2.05, 4.69) is 18.7 Å². The van der Waals surface area contributed by atoms with Gasteiger partial charge in [0.25, 0.3) is 0 Å². The van der Waals surface area contributed by atoms with Gasteiger partial charge in [0.1, 0.15) is 0 Å². The van der Waals surface area contributed by atoms with Crippen LogP contribution in [0.1, 0.15) is 213 Å². The number of aliphatic hydroxyl groups is 1. The summed E-state index contributed by atoms with van der Waals surface area (Å²) in [6.07, 6.45) is 43.8. The van der Waals surface area contributed by atoms with Crippen LogP contribution in [0.3, 0.4) is 0 Å². The molecule has 0 bridgehead atoms. The van der Waals surface area contributed by atoms with Crippen LogP contribution in [-0.4, -0.2) is 36.2 Å². The molecular weight excluding hydrogens is 474 g/mol. The Labute approximate surface area is 248 Å². The highest BCUT2D eigenvalue weighted by molar-refractivity contribution is 4.60. The summed E-state index contributed by atoms with van der Waals surface area (Å²) >= 11 is 0. The van der Waals surface area contributed by atoms with Gasteiger partial charge in [-0.25, -0.2) is 0 Å². The molecule has 0 aromatic rings. The zero-order valence-corrected chi connectivity index (χ0v) is 27.6. The molecule has 0 saturated heterocycles. The molecule has 0 saturated carbocycles. The average Bonchev–Trinajstić information content (AvgIpc) is 2.95. The van der Waals surface area contributed by atoms with Gasteiger partial charge in [0.05, 0.1) is 0 Å². The summed E-state index contributed by atoms with van der Waals surface area (Å²) in [5.74, 6) is 0. The predicted octanol–water partition coefficient (Wildman–Crippen LogP) is 12.4. The van der Waals surface area contributed by atoms with Crippen LogP contribution in [0.2, 0.25) is 0 Å². The van der Waals surface area contributed by atoms with E-state index in [1.165, 1.54) is 212 Å². The molecule has 0 unspecified atom stereocenters. The summed E-state index contributed by atoms with van der Waals surface area (Å²) in [5, 5.41) is 9.11. The number of unbranched alkanes of at least 4 members (excludes halogenated alkanes) is 28. The van der Waals surface area contributed by atoms with Gasteiger partial charge in [0.15, 0.2) is 0 Å². The second kappa shape index (κ2) is 35.9. The topological polar surface area (TPSA) is 23.5 Å². The van der Waals surface area contributed by atoms with Gasteiger partial charge in [-0.15, -0.1) is 0 Å². The van der Waals surface area contributed by atoms with Gasteiger partial charge in [-0.1, -0.05) is 181 Å². The third-order valence-corrected chi connectivity index (χ3v) is 8.79. The Balaban J connectivity index is 3.62. The summed E-state index contributed by atoms with van der Waals surface area (Å²) in [7, 11) is 0. The Kier molecular flexibility index (Phi) is 35.9. The van der Waals surface area contributed by atoms with Gasteiger partial charge in [-0.3, -0.25) is 0 Å². The minimum absolute atomic E-state index is 0.359. The summed E-state index contributed by atoms with van der Waals surface area (Å²) in [6.45, 7) is 8.82. The average molecular weight is 552 g/mol. The Bertz CT molecular complexity index is 380. The van der Waals surface area contributed by atoms with E-state index >= 15 is 0 Å². The molecule has 2 nitrogen and oxygen atoms in total. The van der Waals surface area contributed by atoms with Crippen LogP contribution in [0.15, 0.2) is 0 Å². The quantitative estimate of drug-likeness (QED) is 0.0791. The number of hydrogen-bond acceptors (Lipinski definition) is 2.